The van der Waals surface area contributed by atoms with Gasteiger partial charge < -0.3 is 0 Å². The van der Waals surface area contributed by atoms with Crippen LogP contribution in [0.5, 0.6) is 0 Å². The second kappa shape index (κ2) is 6.21. The molecule has 3 aromatic carbocycles. The summed E-state index contributed by atoms with van der Waals surface area (Å²) in [4.78, 5) is 0. The molecule has 0 saturated heterocycles. The molecule has 0 fully saturated rings. The van der Waals surface area contributed by atoms with E-state index < -0.39 is 0 Å². The van der Waals surface area contributed by atoms with Crippen molar-refractivity contribution < 1.29 is 26.2 Å². The Morgan fingerprint density at radius 1 is 0.864 bits per heavy atom. The van der Waals surface area contributed by atoms with Gasteiger partial charge in [-0.2, -0.15) is 5.56 Å². The normalized spacial score (nSPS) is 11.5. The van der Waals surface area contributed by atoms with E-state index in [0.717, 1.165) is 0 Å². The van der Waals surface area contributed by atoms with Crippen LogP contribution in [0.15, 0.2) is 48.5 Å². The third kappa shape index (κ3) is 3.02. The Morgan fingerprint density at radius 2 is 1.50 bits per heavy atom. The van der Waals surface area contributed by atoms with Gasteiger partial charge >= 0.3 is 0 Å². The maximum absolute atomic E-state index is 2.36. The van der Waals surface area contributed by atoms with Crippen LogP contribution in [0, 0.1) is 13.8 Å². The Morgan fingerprint density at radius 3 is 2.09 bits per heavy atom. The maximum Gasteiger partial charge on any atom is 0 e. The van der Waals surface area contributed by atoms with E-state index in [-0.39, 0.29) is 31.6 Å². The number of fused-ring (bicyclic) bond motifs is 1. The first kappa shape index (κ1) is 17.3. The zero-order valence-electron chi connectivity index (χ0n) is 14.1. The van der Waals surface area contributed by atoms with E-state index in [9.17, 15) is 0 Å². The molecule has 112 valence electrons. The summed E-state index contributed by atoms with van der Waals surface area (Å²) in [7, 11) is 0. The Balaban J connectivity index is 0.00000176. The van der Waals surface area contributed by atoms with Crippen LogP contribution >= 0.6 is 0 Å². The predicted molar refractivity (Wildman–Crippen MR) is 93.2 cm³/mol. The van der Waals surface area contributed by atoms with Crippen molar-refractivity contribution in [2.75, 3.05) is 0 Å². The molecule has 0 nitrogen and oxygen atoms in total. The monoisotopic (exact) mass is 365 g/mol. The summed E-state index contributed by atoms with van der Waals surface area (Å²) in [6.07, 6.45) is 0. The van der Waals surface area contributed by atoms with Gasteiger partial charge in [0.2, 0.25) is 0 Å². The van der Waals surface area contributed by atoms with Gasteiger partial charge in [0.05, 0.1) is 0 Å². The molecule has 0 amide bonds. The zero-order valence-corrected chi connectivity index (χ0v) is 16.6. The molecule has 0 atom stereocenters. The van der Waals surface area contributed by atoms with Crippen LogP contribution in [0.4, 0.5) is 0 Å². The summed E-state index contributed by atoms with van der Waals surface area (Å²) < 4.78 is 0. The number of hydrogen-bond acceptors (Lipinski definition) is 0. The van der Waals surface area contributed by atoms with Crippen molar-refractivity contribution in [3.05, 3.63) is 65.2 Å². The summed E-state index contributed by atoms with van der Waals surface area (Å²) in [6, 6.07) is 17.8. The van der Waals surface area contributed by atoms with Crippen molar-refractivity contribution in [2.45, 2.75) is 40.0 Å². The molecule has 0 bridgehead atoms. The number of rotatable bonds is 1. The van der Waals surface area contributed by atoms with E-state index >= 15 is 0 Å². The molecule has 0 aliphatic carbocycles. The van der Waals surface area contributed by atoms with E-state index in [1.54, 1.807) is 0 Å². The van der Waals surface area contributed by atoms with Crippen LogP contribution in [0.1, 0.15) is 37.5 Å². The topological polar surface area (TPSA) is 0 Å². The van der Waals surface area contributed by atoms with Crippen molar-refractivity contribution in [3.63, 3.8) is 0 Å². The van der Waals surface area contributed by atoms with Gasteiger partial charge in [0.25, 0.3) is 0 Å². The van der Waals surface area contributed by atoms with Gasteiger partial charge in [-0.05, 0) is 17.9 Å². The third-order valence-electron chi connectivity index (χ3n) is 4.35. The fourth-order valence-corrected chi connectivity index (χ4v) is 3.26. The Bertz CT molecular complexity index is 783. The fraction of sp³-hybridized carbons (Fsp3) is 0.286. The Kier molecular flexibility index (Phi) is 4.88. The van der Waals surface area contributed by atoms with Gasteiger partial charge in [-0.1, -0.05) is 69.2 Å². The maximum atomic E-state index is 2.36. The second-order valence-corrected chi connectivity index (χ2v) is 7.07. The quantitative estimate of drug-likeness (QED) is 0.454. The van der Waals surface area contributed by atoms with Crippen LogP contribution < -0.4 is 0 Å². The van der Waals surface area contributed by atoms with Crippen LogP contribution in [0.2, 0.25) is 0 Å². The molecule has 1 heteroatoms. The summed E-state index contributed by atoms with van der Waals surface area (Å²) >= 11 is 0. The van der Waals surface area contributed by atoms with Gasteiger partial charge in [-0.15, -0.1) is 34.5 Å². The predicted octanol–water partition coefficient (Wildman–Crippen LogP) is 6.14. The molecule has 0 heterocycles. The molecule has 0 radical (unpaired) electrons. The molecule has 3 rings (SSSR count). The van der Waals surface area contributed by atoms with Gasteiger partial charge in [0, 0.05) is 26.2 Å². The largest absolute Gasteiger partial charge is 0.152 e. The molecular formula is C21H23Zr-. The third-order valence-corrected chi connectivity index (χ3v) is 4.35. The standard InChI is InChI=1S/C21H23.Zr/c1-14-9-11-16(12-10-14)18-8-6-7-17-13-19(21(3,4)5)15(2)20(17)18;/h6-13H,1-5H3;/q-1;. The molecule has 22 heavy (non-hydrogen) atoms. The van der Waals surface area contributed by atoms with Gasteiger partial charge in [-0.3, -0.25) is 0 Å². The van der Waals surface area contributed by atoms with Crippen LogP contribution in [-0.2, 0) is 31.6 Å². The first-order valence-electron chi connectivity index (χ1n) is 7.64. The summed E-state index contributed by atoms with van der Waals surface area (Å²) in [6.45, 7) is 11.3. The molecule has 0 aliphatic heterocycles. The van der Waals surface area contributed by atoms with Crippen LogP contribution in [0.3, 0.4) is 0 Å². The summed E-state index contributed by atoms with van der Waals surface area (Å²) in [5.41, 5.74) is 7.03. The molecule has 0 aliphatic rings. The molecule has 0 unspecified atom stereocenters. The molecule has 0 N–H and O–H groups in total. The average Bonchev–Trinajstić information content (AvgIpc) is 2.77. The van der Waals surface area contributed by atoms with E-state index in [4.69, 9.17) is 0 Å². The Labute approximate surface area is 153 Å². The van der Waals surface area contributed by atoms with Crippen molar-refractivity contribution in [2.24, 2.45) is 0 Å². The summed E-state index contributed by atoms with van der Waals surface area (Å²) in [5.74, 6) is 0. The van der Waals surface area contributed by atoms with Crippen molar-refractivity contribution >= 4 is 10.8 Å². The minimum absolute atomic E-state index is 0. The fourth-order valence-electron chi connectivity index (χ4n) is 3.26. The van der Waals surface area contributed by atoms with Crippen molar-refractivity contribution in [3.8, 4) is 11.1 Å². The van der Waals surface area contributed by atoms with Gasteiger partial charge in [0.1, 0.15) is 0 Å². The summed E-state index contributed by atoms with van der Waals surface area (Å²) in [5, 5.41) is 2.77. The van der Waals surface area contributed by atoms with Crippen LogP contribution in [-0.4, -0.2) is 0 Å². The molecule has 0 aromatic heterocycles. The van der Waals surface area contributed by atoms with Crippen molar-refractivity contribution in [1.29, 1.82) is 0 Å². The molecular weight excluding hydrogens is 343 g/mol. The zero-order chi connectivity index (χ0) is 15.2. The van der Waals surface area contributed by atoms with E-state index in [1.807, 2.05) is 0 Å². The minimum atomic E-state index is 0. The molecule has 0 saturated carbocycles. The smallest absolute Gasteiger partial charge is 0 e. The van der Waals surface area contributed by atoms with Crippen molar-refractivity contribution in [1.82, 2.24) is 0 Å². The number of hydrogen-bond donors (Lipinski definition) is 0. The minimum Gasteiger partial charge on any atom is -0.152 e. The molecule has 0 spiro atoms. The Hall–Kier alpha value is -1.07. The van der Waals surface area contributed by atoms with E-state index in [0.29, 0.717) is 0 Å². The first-order valence-corrected chi connectivity index (χ1v) is 7.64. The first-order chi connectivity index (χ1) is 9.88. The van der Waals surface area contributed by atoms with Crippen LogP contribution in [0.25, 0.3) is 21.9 Å². The van der Waals surface area contributed by atoms with Gasteiger partial charge in [-0.25, -0.2) is 0 Å². The number of benzene rings is 2. The average molecular weight is 367 g/mol. The SMILES string of the molecule is Cc1ccc(-c2cccc3[cH-]c(C(C)(C)C)c(C)c23)cc1.[Zr]. The van der Waals surface area contributed by atoms with E-state index in [1.165, 1.54) is 38.6 Å². The molecule has 3 aromatic rings. The second-order valence-electron chi connectivity index (χ2n) is 7.07. The van der Waals surface area contributed by atoms with Gasteiger partial charge in [0.15, 0.2) is 0 Å². The number of aryl methyl sites for hydroxylation is 2. The van der Waals surface area contributed by atoms with E-state index in [2.05, 4.69) is 83.1 Å².